The molecule has 5 heteroatoms. The number of carbonyl (C=O) groups excluding carboxylic acids is 1. The topological polar surface area (TPSA) is 73.6 Å². The van der Waals surface area contributed by atoms with Crippen LogP contribution in [0.5, 0.6) is 11.5 Å². The molecular weight excluding hydrogens is 268 g/mol. The summed E-state index contributed by atoms with van der Waals surface area (Å²) in [4.78, 5) is 12.6. The molecule has 21 heavy (non-hydrogen) atoms. The van der Waals surface area contributed by atoms with Gasteiger partial charge in [-0.3, -0.25) is 4.79 Å². The molecular formula is C16H24N2O3. The molecule has 0 bridgehead atoms. The maximum absolute atomic E-state index is 12.6. The van der Waals surface area contributed by atoms with Crippen LogP contribution in [-0.4, -0.2) is 31.2 Å². The summed E-state index contributed by atoms with van der Waals surface area (Å²) in [6, 6.07) is 5.46. The molecule has 0 saturated heterocycles. The van der Waals surface area contributed by atoms with E-state index in [1.165, 1.54) is 0 Å². The lowest BCUT2D eigenvalue weighted by atomic mass is 10.1. The first-order chi connectivity index (χ1) is 10.2. The van der Waals surface area contributed by atoms with Crippen molar-refractivity contribution in [3.63, 3.8) is 0 Å². The molecule has 0 spiro atoms. The molecule has 1 amide bonds. The summed E-state index contributed by atoms with van der Waals surface area (Å²) in [6.07, 6.45) is 2.93. The largest absolute Gasteiger partial charge is 0.493 e. The van der Waals surface area contributed by atoms with Gasteiger partial charge in [-0.05, 0) is 45.2 Å². The number of carbonyl (C=O) groups is 1. The van der Waals surface area contributed by atoms with E-state index in [-0.39, 0.29) is 18.0 Å². The van der Waals surface area contributed by atoms with Gasteiger partial charge in [-0.1, -0.05) is 6.07 Å². The van der Waals surface area contributed by atoms with Crippen molar-refractivity contribution >= 4 is 5.91 Å². The first-order valence-corrected chi connectivity index (χ1v) is 7.62. The molecule has 1 aromatic rings. The van der Waals surface area contributed by atoms with Gasteiger partial charge in [-0.2, -0.15) is 0 Å². The molecule has 1 aliphatic carbocycles. The van der Waals surface area contributed by atoms with Crippen molar-refractivity contribution in [2.45, 2.75) is 45.2 Å². The highest BCUT2D eigenvalue weighted by Crippen LogP contribution is 2.29. The van der Waals surface area contributed by atoms with Crippen molar-refractivity contribution in [1.82, 2.24) is 5.32 Å². The predicted molar refractivity (Wildman–Crippen MR) is 81.9 cm³/mol. The minimum atomic E-state index is -0.176. The number of nitrogens with two attached hydrogens (primary N) is 1. The zero-order chi connectivity index (χ0) is 15.2. The van der Waals surface area contributed by atoms with Crippen LogP contribution in [0, 0.1) is 0 Å². The van der Waals surface area contributed by atoms with E-state index in [1.807, 2.05) is 19.9 Å². The third-order valence-corrected chi connectivity index (χ3v) is 3.70. The SMILES string of the molecule is CCOc1cccc(OCC)c1C(=O)N[C@H]1CCC[C@H]1N. The summed E-state index contributed by atoms with van der Waals surface area (Å²) in [5.41, 5.74) is 6.48. The summed E-state index contributed by atoms with van der Waals surface area (Å²) >= 11 is 0. The lowest BCUT2D eigenvalue weighted by Crippen LogP contribution is -2.44. The van der Waals surface area contributed by atoms with Crippen LogP contribution >= 0.6 is 0 Å². The molecule has 2 rings (SSSR count). The Morgan fingerprint density at radius 3 is 2.33 bits per heavy atom. The van der Waals surface area contributed by atoms with Crippen molar-refractivity contribution < 1.29 is 14.3 Å². The van der Waals surface area contributed by atoms with Crippen LogP contribution in [0.2, 0.25) is 0 Å². The number of rotatable bonds is 6. The van der Waals surface area contributed by atoms with E-state index in [2.05, 4.69) is 5.32 Å². The Balaban J connectivity index is 2.24. The monoisotopic (exact) mass is 292 g/mol. The molecule has 116 valence electrons. The lowest BCUT2D eigenvalue weighted by Gasteiger charge is -2.20. The van der Waals surface area contributed by atoms with Crippen molar-refractivity contribution in [3.8, 4) is 11.5 Å². The maximum atomic E-state index is 12.6. The molecule has 0 unspecified atom stereocenters. The van der Waals surface area contributed by atoms with E-state index in [9.17, 15) is 4.79 Å². The zero-order valence-corrected chi connectivity index (χ0v) is 12.7. The molecule has 1 aromatic carbocycles. The van der Waals surface area contributed by atoms with E-state index < -0.39 is 0 Å². The second-order valence-electron chi connectivity index (χ2n) is 5.17. The predicted octanol–water partition coefficient (Wildman–Crippen LogP) is 2.09. The molecule has 1 fully saturated rings. The van der Waals surface area contributed by atoms with Crippen LogP contribution in [0.3, 0.4) is 0 Å². The van der Waals surface area contributed by atoms with E-state index in [1.54, 1.807) is 12.1 Å². The molecule has 0 aromatic heterocycles. The Kier molecular flexibility index (Phi) is 5.44. The Morgan fingerprint density at radius 2 is 1.86 bits per heavy atom. The van der Waals surface area contributed by atoms with Crippen LogP contribution in [-0.2, 0) is 0 Å². The fourth-order valence-electron chi connectivity index (χ4n) is 2.69. The average molecular weight is 292 g/mol. The highest BCUT2D eigenvalue weighted by molar-refractivity contribution is 6.00. The van der Waals surface area contributed by atoms with Crippen LogP contribution in [0.15, 0.2) is 18.2 Å². The second-order valence-corrected chi connectivity index (χ2v) is 5.17. The van der Waals surface area contributed by atoms with Crippen molar-refractivity contribution in [3.05, 3.63) is 23.8 Å². The fourth-order valence-corrected chi connectivity index (χ4v) is 2.69. The second kappa shape index (κ2) is 7.31. The van der Waals surface area contributed by atoms with Crippen LogP contribution in [0.25, 0.3) is 0 Å². The average Bonchev–Trinajstić information content (AvgIpc) is 2.85. The first kappa shape index (κ1) is 15.6. The van der Waals surface area contributed by atoms with Gasteiger partial charge in [0, 0.05) is 12.1 Å². The van der Waals surface area contributed by atoms with Crippen molar-refractivity contribution in [2.24, 2.45) is 5.73 Å². The number of amides is 1. The van der Waals surface area contributed by atoms with Gasteiger partial charge in [0.25, 0.3) is 5.91 Å². The summed E-state index contributed by atoms with van der Waals surface area (Å²) in [6.45, 7) is 4.78. The molecule has 5 nitrogen and oxygen atoms in total. The maximum Gasteiger partial charge on any atom is 0.259 e. The third kappa shape index (κ3) is 3.67. The van der Waals surface area contributed by atoms with Crippen LogP contribution < -0.4 is 20.5 Å². The summed E-state index contributed by atoms with van der Waals surface area (Å²) in [5.74, 6) is 0.921. The van der Waals surface area contributed by atoms with Crippen molar-refractivity contribution in [2.75, 3.05) is 13.2 Å². The first-order valence-electron chi connectivity index (χ1n) is 7.62. The van der Waals surface area contributed by atoms with Gasteiger partial charge >= 0.3 is 0 Å². The third-order valence-electron chi connectivity index (χ3n) is 3.70. The van der Waals surface area contributed by atoms with Gasteiger partial charge in [0.2, 0.25) is 0 Å². The quantitative estimate of drug-likeness (QED) is 0.842. The summed E-state index contributed by atoms with van der Waals surface area (Å²) in [7, 11) is 0. The Hall–Kier alpha value is -1.75. The van der Waals surface area contributed by atoms with Crippen LogP contribution in [0.1, 0.15) is 43.5 Å². The lowest BCUT2D eigenvalue weighted by molar-refractivity contribution is 0.0926. The number of benzene rings is 1. The molecule has 1 saturated carbocycles. The van der Waals surface area contributed by atoms with E-state index in [0.717, 1.165) is 19.3 Å². The van der Waals surface area contributed by atoms with Gasteiger partial charge in [0.05, 0.1) is 13.2 Å². The standard InChI is InChI=1S/C16H24N2O3/c1-3-20-13-9-6-10-14(21-4-2)15(13)16(19)18-12-8-5-7-11(12)17/h6,9-12H,3-5,7-8,17H2,1-2H3,(H,18,19)/t11-,12+/m1/s1. The number of ether oxygens (including phenoxy) is 2. The Bertz CT molecular complexity index is 466. The number of nitrogens with one attached hydrogen (secondary N) is 1. The minimum Gasteiger partial charge on any atom is -0.493 e. The Labute approximate surface area is 125 Å². The van der Waals surface area contributed by atoms with Gasteiger partial charge in [0.1, 0.15) is 17.1 Å². The van der Waals surface area contributed by atoms with E-state index in [0.29, 0.717) is 30.3 Å². The molecule has 0 radical (unpaired) electrons. The normalized spacial score (nSPS) is 21.1. The zero-order valence-electron chi connectivity index (χ0n) is 12.7. The van der Waals surface area contributed by atoms with E-state index >= 15 is 0 Å². The summed E-state index contributed by atoms with van der Waals surface area (Å²) < 4.78 is 11.1. The minimum absolute atomic E-state index is 0.0293. The van der Waals surface area contributed by atoms with Gasteiger partial charge in [0.15, 0.2) is 0 Å². The molecule has 0 heterocycles. The van der Waals surface area contributed by atoms with Gasteiger partial charge in [-0.15, -0.1) is 0 Å². The van der Waals surface area contributed by atoms with Gasteiger partial charge in [-0.25, -0.2) is 0 Å². The van der Waals surface area contributed by atoms with Gasteiger partial charge < -0.3 is 20.5 Å². The molecule has 2 atom stereocenters. The Morgan fingerprint density at radius 1 is 1.24 bits per heavy atom. The number of hydrogen-bond donors (Lipinski definition) is 2. The highest BCUT2D eigenvalue weighted by Gasteiger charge is 2.28. The molecule has 3 N–H and O–H groups in total. The van der Waals surface area contributed by atoms with Crippen molar-refractivity contribution in [1.29, 1.82) is 0 Å². The smallest absolute Gasteiger partial charge is 0.259 e. The summed E-state index contributed by atoms with van der Waals surface area (Å²) in [5, 5.41) is 3.02. The molecule has 0 aliphatic heterocycles. The number of hydrogen-bond acceptors (Lipinski definition) is 4. The van der Waals surface area contributed by atoms with Crippen LogP contribution in [0.4, 0.5) is 0 Å². The molecule has 1 aliphatic rings. The fraction of sp³-hybridized carbons (Fsp3) is 0.562. The highest BCUT2D eigenvalue weighted by atomic mass is 16.5. The van der Waals surface area contributed by atoms with E-state index in [4.69, 9.17) is 15.2 Å².